The molecule has 0 atom stereocenters. The topological polar surface area (TPSA) is 88.4 Å². The summed E-state index contributed by atoms with van der Waals surface area (Å²) in [6.07, 6.45) is 2.39. The maximum Gasteiger partial charge on any atom is 0.340 e. The van der Waals surface area contributed by atoms with Crippen LogP contribution in [0.5, 0.6) is 5.75 Å². The second-order valence-electron chi connectivity index (χ2n) is 5.81. The highest BCUT2D eigenvalue weighted by molar-refractivity contribution is 6.12. The largest absolute Gasteiger partial charge is 0.494 e. The number of amides is 1. The van der Waals surface area contributed by atoms with Gasteiger partial charge in [0, 0.05) is 0 Å². The predicted octanol–water partition coefficient (Wildman–Crippen LogP) is 4.20. The molecule has 0 aliphatic carbocycles. The van der Waals surface area contributed by atoms with Crippen molar-refractivity contribution in [1.29, 1.82) is 5.26 Å². The fourth-order valence-electron chi connectivity index (χ4n) is 2.36. The van der Waals surface area contributed by atoms with E-state index in [4.69, 9.17) is 9.47 Å². The molecule has 6 nitrogen and oxygen atoms in total. The summed E-state index contributed by atoms with van der Waals surface area (Å²) < 4.78 is 10.5. The van der Waals surface area contributed by atoms with Crippen LogP contribution in [0.25, 0.3) is 6.08 Å². The zero-order valence-electron chi connectivity index (χ0n) is 15.9. The third-order valence-electron chi connectivity index (χ3n) is 3.70. The van der Waals surface area contributed by atoms with E-state index in [9.17, 15) is 14.9 Å². The Hall–Kier alpha value is -3.59. The smallest absolute Gasteiger partial charge is 0.340 e. The molecule has 6 heteroatoms. The molecule has 0 aliphatic heterocycles. The van der Waals surface area contributed by atoms with Crippen molar-refractivity contribution in [2.24, 2.45) is 0 Å². The molecule has 2 rings (SSSR count). The molecule has 2 aromatic rings. The van der Waals surface area contributed by atoms with Gasteiger partial charge in [-0.15, -0.1) is 0 Å². The SMILES string of the molecule is CCCOc1ccc(/C=C(/C#N)C(=O)Nc2ccccc2C(=O)OCC)cc1. The molecule has 0 bridgehead atoms. The van der Waals surface area contributed by atoms with Crippen molar-refractivity contribution >= 4 is 23.6 Å². The molecule has 144 valence electrons. The first-order valence-electron chi connectivity index (χ1n) is 9.01. The third kappa shape index (κ3) is 5.71. The number of nitrogens with one attached hydrogen (secondary N) is 1. The van der Waals surface area contributed by atoms with Crippen LogP contribution in [0.4, 0.5) is 5.69 Å². The molecule has 28 heavy (non-hydrogen) atoms. The Morgan fingerprint density at radius 1 is 1.11 bits per heavy atom. The normalized spacial score (nSPS) is 10.7. The number of hydrogen-bond acceptors (Lipinski definition) is 5. The molecular formula is C22H22N2O4. The van der Waals surface area contributed by atoms with Gasteiger partial charge in [0.15, 0.2) is 0 Å². The summed E-state index contributed by atoms with van der Waals surface area (Å²) in [5, 5.41) is 12.0. The standard InChI is InChI=1S/C22H22N2O4/c1-3-13-28-18-11-9-16(10-12-18)14-17(15-23)21(25)24-20-8-6-5-7-19(20)22(26)27-4-2/h5-12,14H,3-4,13H2,1-2H3,(H,24,25)/b17-14-. The van der Waals surface area contributed by atoms with Crippen molar-refractivity contribution in [3.63, 3.8) is 0 Å². The number of nitrogens with zero attached hydrogens (tertiary/aromatic N) is 1. The minimum Gasteiger partial charge on any atom is -0.494 e. The Bertz CT molecular complexity index is 895. The van der Waals surface area contributed by atoms with Crippen LogP contribution in [-0.4, -0.2) is 25.1 Å². The summed E-state index contributed by atoms with van der Waals surface area (Å²) in [4.78, 5) is 24.5. The van der Waals surface area contributed by atoms with Crippen LogP contribution in [0.2, 0.25) is 0 Å². The summed E-state index contributed by atoms with van der Waals surface area (Å²) in [6.45, 7) is 4.58. The van der Waals surface area contributed by atoms with Crippen molar-refractivity contribution in [2.75, 3.05) is 18.5 Å². The summed E-state index contributed by atoms with van der Waals surface area (Å²) in [7, 11) is 0. The van der Waals surface area contributed by atoms with Gasteiger partial charge in [0.2, 0.25) is 0 Å². The van der Waals surface area contributed by atoms with E-state index in [1.807, 2.05) is 13.0 Å². The number of rotatable bonds is 8. The fraction of sp³-hybridized carbons (Fsp3) is 0.227. The first-order valence-corrected chi connectivity index (χ1v) is 9.01. The Morgan fingerprint density at radius 3 is 2.46 bits per heavy atom. The Kier molecular flexibility index (Phi) is 7.79. The predicted molar refractivity (Wildman–Crippen MR) is 107 cm³/mol. The summed E-state index contributed by atoms with van der Waals surface area (Å²) in [6, 6.07) is 15.5. The lowest BCUT2D eigenvalue weighted by atomic mass is 10.1. The van der Waals surface area contributed by atoms with Gasteiger partial charge in [-0.05, 0) is 49.2 Å². The maximum atomic E-state index is 12.5. The molecule has 0 heterocycles. The van der Waals surface area contributed by atoms with E-state index < -0.39 is 11.9 Å². The second kappa shape index (κ2) is 10.5. The first-order chi connectivity index (χ1) is 13.6. The van der Waals surface area contributed by atoms with Gasteiger partial charge in [0.25, 0.3) is 5.91 Å². The van der Waals surface area contributed by atoms with Crippen molar-refractivity contribution in [3.05, 3.63) is 65.2 Å². The molecule has 0 saturated heterocycles. The molecule has 0 aliphatic rings. The minimum atomic E-state index is -0.606. The lowest BCUT2D eigenvalue weighted by molar-refractivity contribution is -0.112. The van der Waals surface area contributed by atoms with Crippen LogP contribution in [0.3, 0.4) is 0 Å². The quantitative estimate of drug-likeness (QED) is 0.422. The number of nitriles is 1. The Balaban J connectivity index is 2.17. The molecule has 0 unspecified atom stereocenters. The lowest BCUT2D eigenvalue weighted by Gasteiger charge is -2.10. The number of benzene rings is 2. The number of ether oxygens (including phenoxy) is 2. The molecular weight excluding hydrogens is 356 g/mol. The molecule has 0 spiro atoms. The van der Waals surface area contributed by atoms with Crippen LogP contribution in [0, 0.1) is 11.3 Å². The second-order valence-corrected chi connectivity index (χ2v) is 5.81. The van der Waals surface area contributed by atoms with Gasteiger partial charge in [0.05, 0.1) is 24.5 Å². The maximum absolute atomic E-state index is 12.5. The monoisotopic (exact) mass is 378 g/mol. The van der Waals surface area contributed by atoms with Crippen molar-refractivity contribution in [1.82, 2.24) is 0 Å². The molecule has 0 aromatic heterocycles. The number of carbonyl (C=O) groups is 2. The molecule has 0 saturated carbocycles. The van der Waals surface area contributed by atoms with E-state index in [0.29, 0.717) is 12.2 Å². The number of hydrogen-bond donors (Lipinski definition) is 1. The molecule has 1 N–H and O–H groups in total. The molecule has 0 fully saturated rings. The summed E-state index contributed by atoms with van der Waals surface area (Å²) >= 11 is 0. The van der Waals surface area contributed by atoms with Crippen LogP contribution >= 0.6 is 0 Å². The Labute approximate surface area is 164 Å². The van der Waals surface area contributed by atoms with Crippen molar-refractivity contribution in [3.8, 4) is 11.8 Å². The van der Waals surface area contributed by atoms with Gasteiger partial charge < -0.3 is 14.8 Å². The van der Waals surface area contributed by atoms with Crippen LogP contribution < -0.4 is 10.1 Å². The average Bonchev–Trinajstić information content (AvgIpc) is 2.71. The number of anilines is 1. The van der Waals surface area contributed by atoms with E-state index in [-0.39, 0.29) is 23.4 Å². The third-order valence-corrected chi connectivity index (χ3v) is 3.70. The average molecular weight is 378 g/mol. The number of esters is 1. The van der Waals surface area contributed by atoms with E-state index >= 15 is 0 Å². The number of carbonyl (C=O) groups excluding carboxylic acids is 2. The van der Waals surface area contributed by atoms with E-state index in [2.05, 4.69) is 5.32 Å². The van der Waals surface area contributed by atoms with Crippen molar-refractivity contribution < 1.29 is 19.1 Å². The molecule has 0 radical (unpaired) electrons. The highest BCUT2D eigenvalue weighted by atomic mass is 16.5. The zero-order chi connectivity index (χ0) is 20.4. The zero-order valence-corrected chi connectivity index (χ0v) is 15.9. The van der Waals surface area contributed by atoms with Crippen LogP contribution in [0.15, 0.2) is 54.1 Å². The van der Waals surface area contributed by atoms with Gasteiger partial charge in [-0.3, -0.25) is 4.79 Å². The van der Waals surface area contributed by atoms with Crippen LogP contribution in [0.1, 0.15) is 36.2 Å². The van der Waals surface area contributed by atoms with Gasteiger partial charge in [-0.2, -0.15) is 5.26 Å². The van der Waals surface area contributed by atoms with Crippen LogP contribution in [-0.2, 0) is 9.53 Å². The molecule has 1 amide bonds. The first kappa shape index (κ1) is 20.7. The van der Waals surface area contributed by atoms with E-state index in [1.54, 1.807) is 55.5 Å². The van der Waals surface area contributed by atoms with Gasteiger partial charge in [0.1, 0.15) is 17.4 Å². The van der Waals surface area contributed by atoms with Gasteiger partial charge in [-0.1, -0.05) is 31.2 Å². The summed E-state index contributed by atoms with van der Waals surface area (Å²) in [5.41, 5.74) is 1.12. The van der Waals surface area contributed by atoms with E-state index in [1.165, 1.54) is 6.08 Å². The van der Waals surface area contributed by atoms with Gasteiger partial charge in [-0.25, -0.2) is 4.79 Å². The lowest BCUT2D eigenvalue weighted by Crippen LogP contribution is -2.17. The fourth-order valence-corrected chi connectivity index (χ4v) is 2.36. The number of para-hydroxylation sites is 1. The highest BCUT2D eigenvalue weighted by Crippen LogP contribution is 2.19. The Morgan fingerprint density at radius 2 is 1.82 bits per heavy atom. The molecule has 2 aromatic carbocycles. The van der Waals surface area contributed by atoms with E-state index in [0.717, 1.165) is 12.2 Å². The highest BCUT2D eigenvalue weighted by Gasteiger charge is 2.16. The minimum absolute atomic E-state index is 0.0825. The van der Waals surface area contributed by atoms with Crippen molar-refractivity contribution in [2.45, 2.75) is 20.3 Å². The van der Waals surface area contributed by atoms with Gasteiger partial charge >= 0.3 is 5.97 Å². The summed E-state index contributed by atoms with van der Waals surface area (Å²) in [5.74, 6) is -0.417.